The van der Waals surface area contributed by atoms with Crippen LogP contribution in [0.4, 0.5) is 4.39 Å². The molecule has 1 aromatic heterocycles. The summed E-state index contributed by atoms with van der Waals surface area (Å²) in [5, 5.41) is 11.8. The Labute approximate surface area is 194 Å². The van der Waals surface area contributed by atoms with Gasteiger partial charge in [-0.1, -0.05) is 44.2 Å². The van der Waals surface area contributed by atoms with Crippen molar-refractivity contribution in [3.8, 4) is 0 Å². The molecule has 8 nitrogen and oxygen atoms in total. The highest BCUT2D eigenvalue weighted by Gasteiger charge is 2.28. The number of aromatic nitrogens is 3. The van der Waals surface area contributed by atoms with Gasteiger partial charge in [0.2, 0.25) is 5.91 Å². The standard InChI is InChI=1S/C24H33FN6O2/c1-17(2)14-20(26-22(32)16-29(3)4)23-28-27-21-10-11-30(12-13-31(21)23)24(33)19(25)15-18-8-6-5-7-9-18/h5-9,15,17,20H,10-14,16H2,1-4H3,(H,26,32). The molecule has 2 heterocycles. The molecule has 0 saturated carbocycles. The topological polar surface area (TPSA) is 83.4 Å². The first-order valence-corrected chi connectivity index (χ1v) is 11.3. The summed E-state index contributed by atoms with van der Waals surface area (Å²) in [6, 6.07) is 8.66. The number of carbonyl (C=O) groups is 2. The Morgan fingerprint density at radius 2 is 1.88 bits per heavy atom. The molecule has 1 unspecified atom stereocenters. The second kappa shape index (κ2) is 11.2. The zero-order chi connectivity index (χ0) is 24.0. The van der Waals surface area contributed by atoms with E-state index in [0.717, 1.165) is 5.82 Å². The van der Waals surface area contributed by atoms with Gasteiger partial charge in [-0.3, -0.25) is 9.59 Å². The summed E-state index contributed by atoms with van der Waals surface area (Å²) in [4.78, 5) is 28.5. The van der Waals surface area contributed by atoms with E-state index in [-0.39, 0.29) is 18.5 Å². The summed E-state index contributed by atoms with van der Waals surface area (Å²) in [5.41, 5.74) is 0.641. The van der Waals surface area contributed by atoms with Crippen LogP contribution in [0.25, 0.3) is 6.08 Å². The Balaban J connectivity index is 1.74. The molecule has 9 heteroatoms. The van der Waals surface area contributed by atoms with E-state index in [4.69, 9.17) is 0 Å². The molecule has 0 spiro atoms. The predicted molar refractivity (Wildman–Crippen MR) is 125 cm³/mol. The van der Waals surface area contributed by atoms with Gasteiger partial charge in [-0.25, -0.2) is 4.39 Å². The summed E-state index contributed by atoms with van der Waals surface area (Å²) < 4.78 is 16.6. The van der Waals surface area contributed by atoms with E-state index in [1.54, 1.807) is 24.3 Å². The Kier molecular flexibility index (Phi) is 8.32. The summed E-state index contributed by atoms with van der Waals surface area (Å²) in [5.74, 6) is 0.263. The van der Waals surface area contributed by atoms with Crippen LogP contribution in [0.1, 0.15) is 43.5 Å². The summed E-state index contributed by atoms with van der Waals surface area (Å²) in [7, 11) is 3.69. The van der Waals surface area contributed by atoms with Crippen LogP contribution in [0, 0.1) is 5.92 Å². The zero-order valence-electron chi connectivity index (χ0n) is 19.8. The predicted octanol–water partition coefficient (Wildman–Crippen LogP) is 2.44. The van der Waals surface area contributed by atoms with Crippen molar-refractivity contribution in [2.45, 2.75) is 39.3 Å². The second-order valence-corrected chi connectivity index (χ2v) is 9.06. The maximum atomic E-state index is 14.6. The molecule has 0 saturated heterocycles. The van der Waals surface area contributed by atoms with Crippen molar-refractivity contribution >= 4 is 17.9 Å². The van der Waals surface area contributed by atoms with Crippen LogP contribution >= 0.6 is 0 Å². The quantitative estimate of drug-likeness (QED) is 0.617. The number of halogens is 1. The van der Waals surface area contributed by atoms with E-state index in [2.05, 4.69) is 29.4 Å². The first-order valence-electron chi connectivity index (χ1n) is 11.3. The third-order valence-corrected chi connectivity index (χ3v) is 5.45. The van der Waals surface area contributed by atoms with Crippen molar-refractivity contribution in [1.29, 1.82) is 0 Å². The highest BCUT2D eigenvalue weighted by molar-refractivity contribution is 5.95. The summed E-state index contributed by atoms with van der Waals surface area (Å²) in [6.07, 6.45) is 2.45. The zero-order valence-corrected chi connectivity index (χ0v) is 19.8. The molecular formula is C24H33FN6O2. The van der Waals surface area contributed by atoms with Gasteiger partial charge in [0.1, 0.15) is 5.82 Å². The number of amides is 2. The molecule has 1 N–H and O–H groups in total. The van der Waals surface area contributed by atoms with Gasteiger partial charge < -0.3 is 19.7 Å². The van der Waals surface area contributed by atoms with Crippen LogP contribution < -0.4 is 5.32 Å². The molecule has 0 aliphatic carbocycles. The van der Waals surface area contributed by atoms with Gasteiger partial charge in [-0.05, 0) is 38.1 Å². The monoisotopic (exact) mass is 456 g/mol. The van der Waals surface area contributed by atoms with Crippen LogP contribution in [0.2, 0.25) is 0 Å². The van der Waals surface area contributed by atoms with Crippen LogP contribution in [0.3, 0.4) is 0 Å². The van der Waals surface area contributed by atoms with Gasteiger partial charge in [0.25, 0.3) is 5.91 Å². The Morgan fingerprint density at radius 3 is 2.55 bits per heavy atom. The van der Waals surface area contributed by atoms with Crippen molar-refractivity contribution in [3.05, 3.63) is 53.4 Å². The molecule has 2 amide bonds. The van der Waals surface area contributed by atoms with Gasteiger partial charge in [0.05, 0.1) is 12.6 Å². The molecule has 1 atom stereocenters. The van der Waals surface area contributed by atoms with Crippen LogP contribution in [-0.4, -0.2) is 70.1 Å². The Hall–Kier alpha value is -3.07. The van der Waals surface area contributed by atoms with Crippen molar-refractivity contribution < 1.29 is 14.0 Å². The van der Waals surface area contributed by atoms with Crippen molar-refractivity contribution in [2.24, 2.45) is 5.92 Å². The fourth-order valence-electron chi connectivity index (χ4n) is 3.94. The van der Waals surface area contributed by atoms with Crippen molar-refractivity contribution in [3.63, 3.8) is 0 Å². The Bertz CT molecular complexity index is 986. The number of benzene rings is 1. The smallest absolute Gasteiger partial charge is 0.282 e. The van der Waals surface area contributed by atoms with Gasteiger partial charge in [0, 0.05) is 26.1 Å². The third kappa shape index (κ3) is 6.71. The van der Waals surface area contributed by atoms with E-state index in [0.29, 0.717) is 49.8 Å². The molecule has 0 fully saturated rings. The third-order valence-electron chi connectivity index (χ3n) is 5.45. The number of carbonyl (C=O) groups excluding carboxylic acids is 2. The molecule has 1 aliphatic heterocycles. The normalized spacial score (nSPS) is 15.4. The Morgan fingerprint density at radius 1 is 1.15 bits per heavy atom. The summed E-state index contributed by atoms with van der Waals surface area (Å²) in [6.45, 7) is 5.60. The molecule has 1 aliphatic rings. The van der Waals surface area contributed by atoms with Crippen molar-refractivity contribution in [2.75, 3.05) is 33.7 Å². The molecule has 3 rings (SSSR count). The maximum absolute atomic E-state index is 14.6. The summed E-state index contributed by atoms with van der Waals surface area (Å²) >= 11 is 0. The maximum Gasteiger partial charge on any atom is 0.282 e. The minimum Gasteiger partial charge on any atom is -0.345 e. The lowest BCUT2D eigenvalue weighted by molar-refractivity contribution is -0.128. The fourth-order valence-corrected chi connectivity index (χ4v) is 3.94. The molecule has 0 bridgehead atoms. The molecular weight excluding hydrogens is 423 g/mol. The second-order valence-electron chi connectivity index (χ2n) is 9.06. The van der Waals surface area contributed by atoms with E-state index in [9.17, 15) is 14.0 Å². The lowest BCUT2D eigenvalue weighted by Crippen LogP contribution is -2.38. The minimum atomic E-state index is -0.785. The number of likely N-dealkylation sites (N-methyl/N-ethyl adjacent to an activating group) is 1. The number of rotatable bonds is 8. The number of nitrogens with one attached hydrogen (secondary N) is 1. The molecule has 0 radical (unpaired) electrons. The number of nitrogens with zero attached hydrogens (tertiary/aromatic N) is 5. The SMILES string of the molecule is CC(C)CC(NC(=O)CN(C)C)c1nnc2n1CCN(C(=O)C(F)=Cc1ccccc1)CC2. The van der Waals surface area contributed by atoms with E-state index < -0.39 is 11.7 Å². The minimum absolute atomic E-state index is 0.0819. The first kappa shape index (κ1) is 24.6. The molecule has 1 aromatic carbocycles. The van der Waals surface area contributed by atoms with Crippen LogP contribution in [0.15, 0.2) is 36.2 Å². The average Bonchev–Trinajstić information content (AvgIpc) is 3.04. The fraction of sp³-hybridized carbons (Fsp3) is 0.500. The van der Waals surface area contributed by atoms with E-state index in [1.807, 2.05) is 29.6 Å². The van der Waals surface area contributed by atoms with Gasteiger partial charge in [-0.2, -0.15) is 0 Å². The van der Waals surface area contributed by atoms with E-state index >= 15 is 0 Å². The highest BCUT2D eigenvalue weighted by atomic mass is 19.1. The first-order chi connectivity index (χ1) is 15.7. The number of hydrogen-bond acceptors (Lipinski definition) is 5. The lowest BCUT2D eigenvalue weighted by atomic mass is 10.0. The average molecular weight is 457 g/mol. The van der Waals surface area contributed by atoms with Crippen LogP contribution in [-0.2, 0) is 22.6 Å². The lowest BCUT2D eigenvalue weighted by Gasteiger charge is -2.23. The largest absolute Gasteiger partial charge is 0.345 e. The van der Waals surface area contributed by atoms with E-state index in [1.165, 1.54) is 11.0 Å². The van der Waals surface area contributed by atoms with Crippen molar-refractivity contribution in [1.82, 2.24) is 29.9 Å². The van der Waals surface area contributed by atoms with Gasteiger partial charge >= 0.3 is 0 Å². The molecule has 2 aromatic rings. The van der Waals surface area contributed by atoms with Gasteiger partial charge in [0.15, 0.2) is 11.7 Å². The molecule has 33 heavy (non-hydrogen) atoms. The number of fused-ring (bicyclic) bond motifs is 1. The molecule has 178 valence electrons. The number of hydrogen-bond donors (Lipinski definition) is 1. The van der Waals surface area contributed by atoms with Gasteiger partial charge in [-0.15, -0.1) is 10.2 Å². The van der Waals surface area contributed by atoms with Crippen LogP contribution in [0.5, 0.6) is 0 Å². The highest BCUT2D eigenvalue weighted by Crippen LogP contribution is 2.23.